The lowest BCUT2D eigenvalue weighted by atomic mass is 10.2. The minimum absolute atomic E-state index is 0.126. The van der Waals surface area contributed by atoms with Gasteiger partial charge in [0.2, 0.25) is 10.0 Å². The summed E-state index contributed by atoms with van der Waals surface area (Å²) < 4.78 is 63.8. The molecule has 28 heavy (non-hydrogen) atoms. The van der Waals surface area contributed by atoms with Crippen molar-refractivity contribution in [1.82, 2.24) is 4.31 Å². The molecule has 2 aromatic carbocycles. The Labute approximate surface area is 159 Å². The first kappa shape index (κ1) is 20.1. The van der Waals surface area contributed by atoms with Gasteiger partial charge in [-0.05, 0) is 18.2 Å². The average Bonchev–Trinajstić information content (AvgIpc) is 2.69. The van der Waals surface area contributed by atoms with Gasteiger partial charge in [0.15, 0.2) is 17.4 Å². The van der Waals surface area contributed by atoms with Crippen molar-refractivity contribution in [2.45, 2.75) is 11.5 Å². The number of nitrogens with zero attached hydrogens (tertiary/aromatic N) is 2. The topological polar surface area (TPSA) is 99.0 Å². The van der Waals surface area contributed by atoms with Crippen molar-refractivity contribution in [3.05, 3.63) is 63.7 Å². The van der Waals surface area contributed by atoms with Crippen LogP contribution in [-0.4, -0.2) is 43.9 Å². The van der Waals surface area contributed by atoms with Crippen molar-refractivity contribution in [3.8, 4) is 5.75 Å². The Morgan fingerprint density at radius 1 is 1.18 bits per heavy atom. The lowest BCUT2D eigenvalue weighted by Gasteiger charge is -2.26. The molecule has 0 unspecified atom stereocenters. The van der Waals surface area contributed by atoms with Crippen LogP contribution in [0.5, 0.6) is 5.75 Å². The number of hydrogen-bond acceptors (Lipinski definition) is 6. The van der Waals surface area contributed by atoms with E-state index in [-0.39, 0.29) is 42.5 Å². The average molecular weight is 414 g/mol. The van der Waals surface area contributed by atoms with Crippen LogP contribution in [0.2, 0.25) is 0 Å². The van der Waals surface area contributed by atoms with Crippen LogP contribution in [0.25, 0.3) is 0 Å². The van der Waals surface area contributed by atoms with Crippen LogP contribution in [0.15, 0.2) is 41.3 Å². The van der Waals surface area contributed by atoms with Crippen molar-refractivity contribution >= 4 is 15.7 Å². The van der Waals surface area contributed by atoms with E-state index in [0.717, 1.165) is 18.2 Å². The summed E-state index contributed by atoms with van der Waals surface area (Å²) in [7, 11) is -3.93. The summed E-state index contributed by atoms with van der Waals surface area (Å²) in [6.45, 7) is 0.309. The first-order valence-corrected chi connectivity index (χ1v) is 9.67. The largest absolute Gasteiger partial charge is 0.482 e. The van der Waals surface area contributed by atoms with Gasteiger partial charge in [-0.25, -0.2) is 17.2 Å². The smallest absolute Gasteiger partial charge is 0.312 e. The minimum Gasteiger partial charge on any atom is -0.482 e. The van der Waals surface area contributed by atoms with Gasteiger partial charge in [-0.15, -0.1) is 0 Å². The second kappa shape index (κ2) is 8.17. The molecule has 0 N–H and O–H groups in total. The first-order valence-electron chi connectivity index (χ1n) is 8.22. The quantitative estimate of drug-likeness (QED) is 0.532. The number of nitro benzene ring substituents is 1. The van der Waals surface area contributed by atoms with E-state index in [1.807, 2.05) is 0 Å². The summed E-state index contributed by atoms with van der Waals surface area (Å²) in [5, 5.41) is 11.4. The molecule has 0 spiro atoms. The number of nitro groups is 1. The fourth-order valence-corrected chi connectivity index (χ4v) is 4.10. The van der Waals surface area contributed by atoms with Gasteiger partial charge in [0.05, 0.1) is 23.0 Å². The van der Waals surface area contributed by atoms with E-state index in [4.69, 9.17) is 9.47 Å². The molecule has 1 saturated heterocycles. The fourth-order valence-electron chi connectivity index (χ4n) is 2.67. The summed E-state index contributed by atoms with van der Waals surface area (Å²) >= 11 is 0. The molecule has 0 aromatic heterocycles. The highest BCUT2D eigenvalue weighted by Gasteiger charge is 2.29. The minimum atomic E-state index is -3.93. The molecule has 1 heterocycles. The fraction of sp³-hybridized carbons (Fsp3) is 0.294. The molecule has 0 saturated carbocycles. The molecule has 150 valence electrons. The number of halogens is 2. The Morgan fingerprint density at radius 3 is 2.57 bits per heavy atom. The Kier molecular flexibility index (Phi) is 5.87. The summed E-state index contributed by atoms with van der Waals surface area (Å²) in [5.41, 5.74) is -0.717. The van der Waals surface area contributed by atoms with Crippen LogP contribution >= 0.6 is 0 Å². The van der Waals surface area contributed by atoms with Gasteiger partial charge in [0, 0.05) is 24.7 Å². The number of hydrogen-bond donors (Lipinski definition) is 0. The lowest BCUT2D eigenvalue weighted by Crippen LogP contribution is -2.40. The highest BCUT2D eigenvalue weighted by Crippen LogP contribution is 2.32. The summed E-state index contributed by atoms with van der Waals surface area (Å²) in [6, 6.07) is 6.69. The zero-order chi connectivity index (χ0) is 20.3. The van der Waals surface area contributed by atoms with Crippen LogP contribution in [0.4, 0.5) is 14.5 Å². The van der Waals surface area contributed by atoms with Crippen LogP contribution < -0.4 is 4.74 Å². The molecule has 0 bridgehead atoms. The molecular formula is C17H16F2N2O6S. The van der Waals surface area contributed by atoms with Crippen LogP contribution in [-0.2, 0) is 21.4 Å². The molecule has 8 nitrogen and oxygen atoms in total. The second-order valence-electron chi connectivity index (χ2n) is 5.90. The molecule has 3 rings (SSSR count). The molecule has 11 heteroatoms. The van der Waals surface area contributed by atoms with Crippen molar-refractivity contribution in [2.24, 2.45) is 0 Å². The van der Waals surface area contributed by atoms with E-state index in [1.54, 1.807) is 0 Å². The number of sulfonamides is 1. The van der Waals surface area contributed by atoms with Gasteiger partial charge in [0.1, 0.15) is 6.61 Å². The lowest BCUT2D eigenvalue weighted by molar-refractivity contribution is -0.386. The maximum absolute atomic E-state index is 13.7. The Morgan fingerprint density at radius 2 is 1.89 bits per heavy atom. The SMILES string of the molecule is O=[N+]([O-])c1cc(S(=O)(=O)N2CCOCC2)ccc1OCc1cccc(F)c1F. The third kappa shape index (κ3) is 4.11. The summed E-state index contributed by atoms with van der Waals surface area (Å²) in [4.78, 5) is 10.3. The van der Waals surface area contributed by atoms with Crippen molar-refractivity contribution in [1.29, 1.82) is 0 Å². The maximum Gasteiger partial charge on any atom is 0.312 e. The molecule has 2 aromatic rings. The maximum atomic E-state index is 13.7. The molecule has 0 amide bonds. The third-order valence-electron chi connectivity index (χ3n) is 4.15. The van der Waals surface area contributed by atoms with E-state index < -0.39 is 38.9 Å². The Bertz CT molecular complexity index is 993. The van der Waals surface area contributed by atoms with Gasteiger partial charge in [-0.3, -0.25) is 10.1 Å². The predicted molar refractivity (Wildman–Crippen MR) is 93.4 cm³/mol. The highest BCUT2D eigenvalue weighted by molar-refractivity contribution is 7.89. The van der Waals surface area contributed by atoms with E-state index in [2.05, 4.69) is 0 Å². The standard InChI is InChI=1S/C17H16F2N2O6S/c18-14-3-1-2-12(17(14)19)11-27-16-5-4-13(10-15(16)21(22)23)28(24,25)20-6-8-26-9-7-20/h1-5,10H,6-9,11H2. The zero-order valence-corrected chi connectivity index (χ0v) is 15.3. The van der Waals surface area contributed by atoms with Gasteiger partial charge in [-0.2, -0.15) is 4.31 Å². The molecule has 0 aliphatic carbocycles. The van der Waals surface area contributed by atoms with Crippen molar-refractivity contribution < 1.29 is 31.6 Å². The monoisotopic (exact) mass is 414 g/mol. The molecule has 1 aliphatic heterocycles. The van der Waals surface area contributed by atoms with Crippen LogP contribution in [0, 0.1) is 21.7 Å². The second-order valence-corrected chi connectivity index (χ2v) is 7.84. The van der Waals surface area contributed by atoms with E-state index in [9.17, 15) is 27.3 Å². The molecule has 1 fully saturated rings. The van der Waals surface area contributed by atoms with Gasteiger partial charge in [0.25, 0.3) is 0 Å². The Balaban J connectivity index is 1.87. The Hall–Kier alpha value is -2.63. The zero-order valence-electron chi connectivity index (χ0n) is 14.5. The van der Waals surface area contributed by atoms with E-state index in [0.29, 0.717) is 0 Å². The third-order valence-corrected chi connectivity index (χ3v) is 6.04. The number of ether oxygens (including phenoxy) is 2. The normalized spacial score (nSPS) is 15.4. The van der Waals surface area contributed by atoms with Gasteiger partial charge < -0.3 is 9.47 Å². The predicted octanol–water partition coefficient (Wildman–Crippen LogP) is 2.47. The number of morpholine rings is 1. The molecule has 1 aliphatic rings. The van der Waals surface area contributed by atoms with Crippen LogP contribution in [0.3, 0.4) is 0 Å². The number of benzene rings is 2. The highest BCUT2D eigenvalue weighted by atomic mass is 32.2. The summed E-state index contributed by atoms with van der Waals surface area (Å²) in [6.07, 6.45) is 0. The summed E-state index contributed by atoms with van der Waals surface area (Å²) in [5.74, 6) is -2.44. The van der Waals surface area contributed by atoms with E-state index >= 15 is 0 Å². The van der Waals surface area contributed by atoms with Crippen molar-refractivity contribution in [3.63, 3.8) is 0 Å². The van der Waals surface area contributed by atoms with Crippen molar-refractivity contribution in [2.75, 3.05) is 26.3 Å². The first-order chi connectivity index (χ1) is 13.3. The molecule has 0 atom stereocenters. The van der Waals surface area contributed by atoms with Gasteiger partial charge in [-0.1, -0.05) is 12.1 Å². The van der Waals surface area contributed by atoms with Crippen LogP contribution in [0.1, 0.15) is 5.56 Å². The van der Waals surface area contributed by atoms with Gasteiger partial charge >= 0.3 is 5.69 Å². The molecule has 0 radical (unpaired) electrons. The molecular weight excluding hydrogens is 398 g/mol. The van der Waals surface area contributed by atoms with E-state index in [1.165, 1.54) is 22.5 Å². The number of rotatable bonds is 6.